The van der Waals surface area contributed by atoms with Gasteiger partial charge in [0.15, 0.2) is 23.0 Å². The van der Waals surface area contributed by atoms with Gasteiger partial charge >= 0.3 is 0 Å². The highest BCUT2D eigenvalue weighted by Gasteiger charge is 2.38. The number of ether oxygens (including phenoxy) is 4. The van der Waals surface area contributed by atoms with E-state index < -0.39 is 11.5 Å². The van der Waals surface area contributed by atoms with Gasteiger partial charge in [0.2, 0.25) is 0 Å². The Morgan fingerprint density at radius 2 is 1.60 bits per heavy atom. The monoisotopic (exact) mass is 482 g/mol. The number of fused-ring (bicyclic) bond motifs is 1. The molecule has 7 nitrogen and oxygen atoms in total. The number of nitriles is 1. The van der Waals surface area contributed by atoms with Gasteiger partial charge in [0, 0.05) is 12.6 Å². The first kappa shape index (κ1) is 26.7. The van der Waals surface area contributed by atoms with Crippen LogP contribution in [-0.2, 0) is 12.0 Å². The molecule has 0 amide bonds. The SMILES string of the molecule is COc1ccc(C(C#N)(CCCC2C(O)c3cc(OC)c(OC)cc3CN2C)C(C)C)cc1OC. The zero-order valence-electron chi connectivity index (χ0n) is 21.9. The molecule has 0 fully saturated rings. The summed E-state index contributed by atoms with van der Waals surface area (Å²) >= 11 is 0. The van der Waals surface area contributed by atoms with Crippen LogP contribution in [0, 0.1) is 17.2 Å². The summed E-state index contributed by atoms with van der Waals surface area (Å²) in [5.74, 6) is 2.64. The average molecular weight is 483 g/mol. The van der Waals surface area contributed by atoms with Gasteiger partial charge in [0.05, 0.1) is 46.0 Å². The number of rotatable bonds is 10. The van der Waals surface area contributed by atoms with Crippen molar-refractivity contribution >= 4 is 0 Å². The van der Waals surface area contributed by atoms with Crippen LogP contribution in [0.2, 0.25) is 0 Å². The maximum atomic E-state index is 11.3. The molecule has 1 aliphatic heterocycles. The van der Waals surface area contributed by atoms with Crippen LogP contribution in [0.25, 0.3) is 0 Å². The van der Waals surface area contributed by atoms with E-state index in [1.54, 1.807) is 28.4 Å². The maximum absolute atomic E-state index is 11.3. The first-order valence-electron chi connectivity index (χ1n) is 12.0. The lowest BCUT2D eigenvalue weighted by atomic mass is 9.69. The van der Waals surface area contributed by atoms with Crippen LogP contribution in [0.4, 0.5) is 0 Å². The Labute approximate surface area is 209 Å². The highest BCUT2D eigenvalue weighted by molar-refractivity contribution is 5.50. The molecule has 1 N–H and O–H groups in total. The molecule has 0 aromatic heterocycles. The van der Waals surface area contributed by atoms with Crippen LogP contribution < -0.4 is 18.9 Å². The van der Waals surface area contributed by atoms with E-state index in [2.05, 4.69) is 24.8 Å². The summed E-state index contributed by atoms with van der Waals surface area (Å²) in [6.07, 6.45) is 1.57. The van der Waals surface area contributed by atoms with Gasteiger partial charge in [-0.15, -0.1) is 0 Å². The number of aliphatic hydroxyl groups is 1. The minimum Gasteiger partial charge on any atom is -0.493 e. The lowest BCUT2D eigenvalue weighted by Crippen LogP contribution is -2.41. The second-order valence-electron chi connectivity index (χ2n) is 9.53. The molecule has 7 heteroatoms. The van der Waals surface area contributed by atoms with Crippen molar-refractivity contribution in [1.29, 1.82) is 5.26 Å². The normalized spacial score (nSPS) is 19.4. The van der Waals surface area contributed by atoms with Gasteiger partial charge in [-0.05, 0) is 73.2 Å². The van der Waals surface area contributed by atoms with Gasteiger partial charge in [-0.25, -0.2) is 0 Å². The zero-order chi connectivity index (χ0) is 25.8. The van der Waals surface area contributed by atoms with Crippen molar-refractivity contribution in [3.8, 4) is 29.1 Å². The Bertz CT molecular complexity index is 1060. The molecular weight excluding hydrogens is 444 g/mol. The van der Waals surface area contributed by atoms with Crippen LogP contribution in [0.15, 0.2) is 30.3 Å². The van der Waals surface area contributed by atoms with E-state index in [0.29, 0.717) is 36.0 Å². The lowest BCUT2D eigenvalue weighted by Gasteiger charge is -2.39. The molecular formula is C28H38N2O5. The quantitative estimate of drug-likeness (QED) is 0.518. The van der Waals surface area contributed by atoms with Gasteiger partial charge in [-0.2, -0.15) is 5.26 Å². The van der Waals surface area contributed by atoms with Crippen molar-refractivity contribution in [1.82, 2.24) is 4.90 Å². The third-order valence-corrected chi connectivity index (χ3v) is 7.47. The fourth-order valence-corrected chi connectivity index (χ4v) is 5.28. The standard InChI is InChI=1S/C28H38N2O5/c1-18(2)28(17-29,20-10-11-23(32-4)25(14-20)34-6)12-8-9-22-27(31)21-15-26(35-7)24(33-5)13-19(21)16-30(22)3/h10-11,13-15,18,22,27,31H,8-9,12,16H2,1-7H3. The van der Waals surface area contributed by atoms with Crippen LogP contribution >= 0.6 is 0 Å². The summed E-state index contributed by atoms with van der Waals surface area (Å²) < 4.78 is 21.8. The molecule has 3 rings (SSSR count). The smallest absolute Gasteiger partial charge is 0.161 e. The molecule has 1 heterocycles. The van der Waals surface area contributed by atoms with Crippen molar-refractivity contribution in [2.75, 3.05) is 35.5 Å². The van der Waals surface area contributed by atoms with Gasteiger partial charge in [0.1, 0.15) is 0 Å². The molecule has 2 aromatic carbocycles. The van der Waals surface area contributed by atoms with Crippen molar-refractivity contribution in [2.45, 2.75) is 57.2 Å². The van der Waals surface area contributed by atoms with E-state index in [0.717, 1.165) is 29.5 Å². The second kappa shape index (κ2) is 11.2. The largest absolute Gasteiger partial charge is 0.493 e. The molecule has 1 aliphatic rings. The Balaban J connectivity index is 1.82. The summed E-state index contributed by atoms with van der Waals surface area (Å²) in [4.78, 5) is 2.18. The third kappa shape index (κ3) is 5.05. The van der Waals surface area contributed by atoms with Crippen LogP contribution in [0.3, 0.4) is 0 Å². The van der Waals surface area contributed by atoms with Crippen molar-refractivity contribution in [3.63, 3.8) is 0 Å². The van der Waals surface area contributed by atoms with E-state index in [-0.39, 0.29) is 12.0 Å². The van der Waals surface area contributed by atoms with Crippen molar-refractivity contribution in [3.05, 3.63) is 47.0 Å². The molecule has 0 saturated heterocycles. The van der Waals surface area contributed by atoms with Crippen molar-refractivity contribution < 1.29 is 24.1 Å². The van der Waals surface area contributed by atoms with Crippen LogP contribution in [0.5, 0.6) is 23.0 Å². The summed E-state index contributed by atoms with van der Waals surface area (Å²) in [5.41, 5.74) is 2.16. The summed E-state index contributed by atoms with van der Waals surface area (Å²) in [6, 6.07) is 12.1. The Morgan fingerprint density at radius 3 is 2.17 bits per heavy atom. The summed E-state index contributed by atoms with van der Waals surface area (Å²) in [6.45, 7) is 4.87. The fraction of sp³-hybridized carbons (Fsp3) is 0.536. The van der Waals surface area contributed by atoms with E-state index in [9.17, 15) is 10.4 Å². The molecule has 0 bridgehead atoms. The Morgan fingerprint density at radius 1 is 1.00 bits per heavy atom. The third-order valence-electron chi connectivity index (χ3n) is 7.47. The van der Waals surface area contributed by atoms with Gasteiger partial charge in [-0.1, -0.05) is 19.9 Å². The predicted octanol–water partition coefficient (Wildman–Crippen LogP) is 4.86. The van der Waals surface area contributed by atoms with E-state index in [1.165, 1.54) is 0 Å². The van der Waals surface area contributed by atoms with Crippen LogP contribution in [-0.4, -0.2) is 51.5 Å². The first-order valence-corrected chi connectivity index (χ1v) is 12.0. The maximum Gasteiger partial charge on any atom is 0.161 e. The van der Waals surface area contributed by atoms with Crippen LogP contribution in [0.1, 0.15) is 55.9 Å². The molecule has 35 heavy (non-hydrogen) atoms. The number of benzene rings is 2. The highest BCUT2D eigenvalue weighted by Crippen LogP contribution is 2.43. The number of aliphatic hydroxyl groups excluding tert-OH is 1. The minimum absolute atomic E-state index is 0.0606. The molecule has 3 atom stereocenters. The number of hydrogen-bond donors (Lipinski definition) is 1. The van der Waals surface area contributed by atoms with Gasteiger partial charge in [0.25, 0.3) is 0 Å². The van der Waals surface area contributed by atoms with Gasteiger partial charge < -0.3 is 24.1 Å². The van der Waals surface area contributed by atoms with Crippen molar-refractivity contribution in [2.24, 2.45) is 5.92 Å². The van der Waals surface area contributed by atoms with Gasteiger partial charge in [-0.3, -0.25) is 4.90 Å². The molecule has 0 radical (unpaired) electrons. The predicted molar refractivity (Wildman–Crippen MR) is 135 cm³/mol. The first-order chi connectivity index (χ1) is 16.8. The number of likely N-dealkylation sites (N-methyl/N-ethyl adjacent to an activating group) is 1. The molecule has 2 aromatic rings. The molecule has 0 aliphatic carbocycles. The average Bonchev–Trinajstić information content (AvgIpc) is 2.87. The Kier molecular flexibility index (Phi) is 8.52. The lowest BCUT2D eigenvalue weighted by molar-refractivity contribution is 0.0360. The summed E-state index contributed by atoms with van der Waals surface area (Å²) in [7, 11) is 8.46. The fourth-order valence-electron chi connectivity index (χ4n) is 5.28. The van der Waals surface area contributed by atoms with E-state index in [1.807, 2.05) is 37.4 Å². The number of methoxy groups -OCH3 is 4. The summed E-state index contributed by atoms with van der Waals surface area (Å²) in [5, 5.41) is 21.6. The molecule has 3 unspecified atom stereocenters. The van der Waals surface area contributed by atoms with E-state index >= 15 is 0 Å². The topological polar surface area (TPSA) is 84.2 Å². The second-order valence-corrected chi connectivity index (χ2v) is 9.53. The number of hydrogen-bond acceptors (Lipinski definition) is 7. The van der Waals surface area contributed by atoms with E-state index in [4.69, 9.17) is 18.9 Å². The molecule has 190 valence electrons. The number of nitrogens with zero attached hydrogens (tertiary/aromatic N) is 2. The minimum atomic E-state index is -0.674. The Hall–Kier alpha value is -2.95. The molecule has 0 saturated carbocycles. The molecule has 0 spiro atoms. The zero-order valence-corrected chi connectivity index (χ0v) is 21.9. The highest BCUT2D eigenvalue weighted by atomic mass is 16.5.